The van der Waals surface area contributed by atoms with Crippen LogP contribution in [0.4, 0.5) is 0 Å². The number of methoxy groups -OCH3 is 1. The van der Waals surface area contributed by atoms with E-state index < -0.39 is 10.0 Å². The molecular formula is C19H19ClN2O3S2. The van der Waals surface area contributed by atoms with Gasteiger partial charge in [0.2, 0.25) is 10.0 Å². The molecule has 0 spiro atoms. The van der Waals surface area contributed by atoms with E-state index in [9.17, 15) is 8.42 Å². The summed E-state index contributed by atoms with van der Waals surface area (Å²) in [6, 6.07) is 12.5. The first-order valence-electron chi connectivity index (χ1n) is 8.17. The molecule has 0 radical (unpaired) electrons. The summed E-state index contributed by atoms with van der Waals surface area (Å²) in [5.74, 6) is 0.244. The number of sulfonamides is 1. The van der Waals surface area contributed by atoms with Gasteiger partial charge in [-0.2, -0.15) is 0 Å². The molecule has 3 aromatic rings. The number of aryl methyl sites for hydroxylation is 2. The molecule has 3 rings (SSSR count). The van der Waals surface area contributed by atoms with Crippen molar-refractivity contribution >= 4 is 33.0 Å². The molecule has 8 heteroatoms. The van der Waals surface area contributed by atoms with Gasteiger partial charge in [0.1, 0.15) is 15.7 Å². The van der Waals surface area contributed by atoms with E-state index in [-0.39, 0.29) is 17.2 Å². The summed E-state index contributed by atoms with van der Waals surface area (Å²) in [5, 5.41) is 1.20. The topological polar surface area (TPSA) is 68.3 Å². The zero-order valence-corrected chi connectivity index (χ0v) is 17.5. The lowest BCUT2D eigenvalue weighted by Crippen LogP contribution is -2.23. The quantitative estimate of drug-likeness (QED) is 0.631. The molecule has 0 aliphatic rings. The van der Waals surface area contributed by atoms with Crippen LogP contribution in [0.25, 0.3) is 10.6 Å². The molecule has 5 nitrogen and oxygen atoms in total. The smallest absolute Gasteiger partial charge is 0.244 e. The van der Waals surface area contributed by atoms with Gasteiger partial charge in [-0.05, 0) is 37.6 Å². The van der Waals surface area contributed by atoms with Crippen LogP contribution in [-0.4, -0.2) is 20.5 Å². The summed E-state index contributed by atoms with van der Waals surface area (Å²) in [5.41, 5.74) is 2.98. The normalized spacial score (nSPS) is 11.6. The molecule has 0 fully saturated rings. The van der Waals surface area contributed by atoms with Crippen molar-refractivity contribution in [1.82, 2.24) is 9.71 Å². The van der Waals surface area contributed by atoms with E-state index in [1.165, 1.54) is 30.6 Å². The van der Waals surface area contributed by atoms with Crippen LogP contribution in [0, 0.1) is 13.8 Å². The molecule has 2 aromatic carbocycles. The fourth-order valence-electron chi connectivity index (χ4n) is 2.62. The minimum atomic E-state index is -3.78. The number of benzene rings is 2. The number of hydrogen-bond donors (Lipinski definition) is 1. The second kappa shape index (κ2) is 7.98. The van der Waals surface area contributed by atoms with E-state index >= 15 is 0 Å². The standard InChI is InChI=1S/C19H19ClN2O3S2/c1-12-6-4-5-7-15(12)19-22-13(2)17(26-19)11-21-27(23,24)18-10-14(20)8-9-16(18)25-3/h4-10,21H,11H2,1-3H3. The van der Waals surface area contributed by atoms with Crippen LogP contribution in [0.5, 0.6) is 5.75 Å². The highest BCUT2D eigenvalue weighted by atomic mass is 35.5. The largest absolute Gasteiger partial charge is 0.495 e. The number of hydrogen-bond acceptors (Lipinski definition) is 5. The third-order valence-electron chi connectivity index (χ3n) is 4.11. The first kappa shape index (κ1) is 19.8. The van der Waals surface area contributed by atoms with Crippen molar-refractivity contribution in [2.24, 2.45) is 0 Å². The Morgan fingerprint density at radius 2 is 1.93 bits per heavy atom. The van der Waals surface area contributed by atoms with Gasteiger partial charge in [-0.3, -0.25) is 0 Å². The summed E-state index contributed by atoms with van der Waals surface area (Å²) in [6.07, 6.45) is 0. The van der Waals surface area contributed by atoms with Crippen LogP contribution >= 0.6 is 22.9 Å². The van der Waals surface area contributed by atoms with Crippen LogP contribution in [0.3, 0.4) is 0 Å². The maximum Gasteiger partial charge on any atom is 0.244 e. The molecule has 0 saturated heterocycles. The van der Waals surface area contributed by atoms with Crippen molar-refractivity contribution in [3.05, 3.63) is 63.6 Å². The second-order valence-corrected chi connectivity index (χ2v) is 9.22. The lowest BCUT2D eigenvalue weighted by molar-refractivity contribution is 0.402. The van der Waals surface area contributed by atoms with Crippen LogP contribution < -0.4 is 9.46 Å². The summed E-state index contributed by atoms with van der Waals surface area (Å²) in [6.45, 7) is 4.05. The number of aromatic nitrogens is 1. The molecule has 1 heterocycles. The van der Waals surface area contributed by atoms with E-state index in [0.29, 0.717) is 5.02 Å². The van der Waals surface area contributed by atoms with Gasteiger partial charge < -0.3 is 4.74 Å². The number of nitrogens with one attached hydrogen (secondary N) is 1. The van der Waals surface area contributed by atoms with E-state index in [1.807, 2.05) is 38.1 Å². The summed E-state index contributed by atoms with van der Waals surface area (Å²) in [7, 11) is -2.36. The van der Waals surface area contributed by atoms with E-state index in [1.54, 1.807) is 6.07 Å². The predicted octanol–water partition coefficient (Wildman–Crippen LogP) is 4.57. The maximum absolute atomic E-state index is 12.7. The Hall–Kier alpha value is -1.93. The minimum Gasteiger partial charge on any atom is -0.495 e. The number of thiazole rings is 1. The zero-order valence-electron chi connectivity index (χ0n) is 15.1. The van der Waals surface area contributed by atoms with Crippen molar-refractivity contribution in [1.29, 1.82) is 0 Å². The molecule has 0 atom stereocenters. The molecule has 1 aromatic heterocycles. The molecule has 142 valence electrons. The van der Waals surface area contributed by atoms with Crippen molar-refractivity contribution in [3.8, 4) is 16.3 Å². The van der Waals surface area contributed by atoms with E-state index in [2.05, 4.69) is 9.71 Å². The Labute approximate surface area is 168 Å². The van der Waals surface area contributed by atoms with Gasteiger partial charge in [0.25, 0.3) is 0 Å². The molecular weight excluding hydrogens is 404 g/mol. The molecule has 0 aliphatic carbocycles. The van der Waals surface area contributed by atoms with Crippen LogP contribution in [0.1, 0.15) is 16.1 Å². The highest BCUT2D eigenvalue weighted by Gasteiger charge is 2.21. The first-order valence-corrected chi connectivity index (χ1v) is 10.8. The number of ether oxygens (including phenoxy) is 1. The van der Waals surface area contributed by atoms with Crippen LogP contribution in [0.2, 0.25) is 5.02 Å². The van der Waals surface area contributed by atoms with Gasteiger partial charge in [0.05, 0.1) is 12.8 Å². The average Bonchev–Trinajstić information content (AvgIpc) is 3.01. The number of nitrogens with zero attached hydrogens (tertiary/aromatic N) is 1. The van der Waals surface area contributed by atoms with Gasteiger partial charge in [-0.25, -0.2) is 18.1 Å². The first-order chi connectivity index (χ1) is 12.8. The second-order valence-electron chi connectivity index (χ2n) is 5.96. The van der Waals surface area contributed by atoms with Crippen molar-refractivity contribution in [2.75, 3.05) is 7.11 Å². The summed E-state index contributed by atoms with van der Waals surface area (Å²) < 4.78 is 33.2. The number of rotatable bonds is 6. The fraction of sp³-hybridized carbons (Fsp3) is 0.211. The van der Waals surface area contributed by atoms with Gasteiger partial charge >= 0.3 is 0 Å². The molecule has 27 heavy (non-hydrogen) atoms. The van der Waals surface area contributed by atoms with Crippen LogP contribution in [0.15, 0.2) is 47.4 Å². The average molecular weight is 423 g/mol. The van der Waals surface area contributed by atoms with E-state index in [0.717, 1.165) is 26.7 Å². The fourth-order valence-corrected chi connectivity index (χ4v) is 5.23. The Balaban J connectivity index is 1.85. The Kier molecular flexibility index (Phi) is 5.86. The third-order valence-corrected chi connectivity index (χ3v) is 6.95. The van der Waals surface area contributed by atoms with Gasteiger partial charge in [0.15, 0.2) is 0 Å². The van der Waals surface area contributed by atoms with Crippen LogP contribution in [-0.2, 0) is 16.6 Å². The Bertz CT molecular complexity index is 1080. The zero-order chi connectivity index (χ0) is 19.6. The Morgan fingerprint density at radius 3 is 2.63 bits per heavy atom. The van der Waals surface area contributed by atoms with Crippen molar-refractivity contribution < 1.29 is 13.2 Å². The molecule has 0 saturated carbocycles. The summed E-state index contributed by atoms with van der Waals surface area (Å²) >= 11 is 7.43. The van der Waals surface area contributed by atoms with Crippen molar-refractivity contribution in [3.63, 3.8) is 0 Å². The SMILES string of the molecule is COc1ccc(Cl)cc1S(=O)(=O)NCc1sc(-c2ccccc2C)nc1C. The highest BCUT2D eigenvalue weighted by molar-refractivity contribution is 7.89. The third kappa shape index (κ3) is 4.32. The molecule has 0 bridgehead atoms. The Morgan fingerprint density at radius 1 is 1.19 bits per heavy atom. The molecule has 1 N–H and O–H groups in total. The highest BCUT2D eigenvalue weighted by Crippen LogP contribution is 2.31. The molecule has 0 unspecified atom stereocenters. The van der Waals surface area contributed by atoms with E-state index in [4.69, 9.17) is 16.3 Å². The van der Waals surface area contributed by atoms with Crippen molar-refractivity contribution in [2.45, 2.75) is 25.3 Å². The molecule has 0 aliphatic heterocycles. The number of halogens is 1. The van der Waals surface area contributed by atoms with Gasteiger partial charge in [0, 0.05) is 22.0 Å². The lowest BCUT2D eigenvalue weighted by atomic mass is 10.1. The van der Waals surface area contributed by atoms with Gasteiger partial charge in [-0.15, -0.1) is 11.3 Å². The minimum absolute atomic E-state index is 0.0128. The lowest BCUT2D eigenvalue weighted by Gasteiger charge is -2.10. The maximum atomic E-state index is 12.7. The monoisotopic (exact) mass is 422 g/mol. The predicted molar refractivity (Wildman–Crippen MR) is 109 cm³/mol. The molecule has 0 amide bonds. The summed E-state index contributed by atoms with van der Waals surface area (Å²) in [4.78, 5) is 5.47. The van der Waals surface area contributed by atoms with Gasteiger partial charge in [-0.1, -0.05) is 35.9 Å².